The van der Waals surface area contributed by atoms with E-state index in [1.54, 1.807) is 0 Å². The zero-order chi connectivity index (χ0) is 12.8. The van der Waals surface area contributed by atoms with Gasteiger partial charge in [0.05, 0.1) is 12.6 Å². The third kappa shape index (κ3) is 3.12. The van der Waals surface area contributed by atoms with Gasteiger partial charge < -0.3 is 5.11 Å². The summed E-state index contributed by atoms with van der Waals surface area (Å²) >= 11 is 0. The van der Waals surface area contributed by atoms with Crippen molar-refractivity contribution in [1.29, 1.82) is 0 Å². The van der Waals surface area contributed by atoms with E-state index in [-0.39, 0.29) is 12.6 Å². The van der Waals surface area contributed by atoms with Crippen molar-refractivity contribution in [2.45, 2.75) is 51.1 Å². The van der Waals surface area contributed by atoms with Gasteiger partial charge in [-0.2, -0.15) is 0 Å². The molecule has 1 aromatic rings. The van der Waals surface area contributed by atoms with Crippen LogP contribution in [0.15, 0.2) is 30.3 Å². The molecule has 100 valence electrons. The van der Waals surface area contributed by atoms with Crippen LogP contribution in [0.3, 0.4) is 0 Å². The number of nitrogens with zero attached hydrogens (tertiary/aromatic N) is 1. The average molecular weight is 247 g/mol. The molecule has 2 atom stereocenters. The molecule has 1 heterocycles. The Labute approximate surface area is 111 Å². The summed E-state index contributed by atoms with van der Waals surface area (Å²) in [5.74, 6) is 0. The van der Waals surface area contributed by atoms with Gasteiger partial charge >= 0.3 is 0 Å². The Hall–Kier alpha value is -0.860. The van der Waals surface area contributed by atoms with Crippen LogP contribution >= 0.6 is 0 Å². The Morgan fingerprint density at radius 1 is 1.28 bits per heavy atom. The first-order valence-electron chi connectivity index (χ1n) is 7.28. The molecule has 2 rings (SSSR count). The minimum atomic E-state index is 0.183. The van der Waals surface area contributed by atoms with Gasteiger partial charge in [0, 0.05) is 6.04 Å². The molecule has 0 radical (unpaired) electrons. The lowest BCUT2D eigenvalue weighted by molar-refractivity contribution is 0.0521. The van der Waals surface area contributed by atoms with Crippen LogP contribution in [0.4, 0.5) is 0 Å². The molecule has 1 saturated heterocycles. The van der Waals surface area contributed by atoms with E-state index >= 15 is 0 Å². The zero-order valence-corrected chi connectivity index (χ0v) is 11.4. The van der Waals surface area contributed by atoms with Gasteiger partial charge in [-0.1, -0.05) is 50.1 Å². The number of rotatable bonds is 5. The number of aliphatic hydroxyl groups is 1. The van der Waals surface area contributed by atoms with Crippen LogP contribution < -0.4 is 0 Å². The third-order valence-corrected chi connectivity index (χ3v) is 4.05. The SMILES string of the molecule is CCCC1CCCCN1C(CO)c1ccccc1. The van der Waals surface area contributed by atoms with Crippen LogP contribution in [0.5, 0.6) is 0 Å². The maximum Gasteiger partial charge on any atom is 0.0628 e. The highest BCUT2D eigenvalue weighted by Crippen LogP contribution is 2.30. The third-order valence-electron chi connectivity index (χ3n) is 4.05. The Morgan fingerprint density at radius 2 is 2.06 bits per heavy atom. The van der Waals surface area contributed by atoms with Crippen LogP contribution in [0.1, 0.15) is 50.6 Å². The lowest BCUT2D eigenvalue weighted by atomic mass is 9.94. The van der Waals surface area contributed by atoms with E-state index < -0.39 is 0 Å². The molecule has 0 spiro atoms. The topological polar surface area (TPSA) is 23.5 Å². The summed E-state index contributed by atoms with van der Waals surface area (Å²) in [4.78, 5) is 2.53. The zero-order valence-electron chi connectivity index (χ0n) is 11.4. The minimum Gasteiger partial charge on any atom is -0.394 e. The highest BCUT2D eigenvalue weighted by Gasteiger charge is 2.28. The molecule has 0 aliphatic carbocycles. The van der Waals surface area contributed by atoms with E-state index in [1.807, 2.05) is 6.07 Å². The molecule has 18 heavy (non-hydrogen) atoms. The van der Waals surface area contributed by atoms with Crippen molar-refractivity contribution in [3.05, 3.63) is 35.9 Å². The Balaban J connectivity index is 2.14. The molecule has 2 unspecified atom stereocenters. The summed E-state index contributed by atoms with van der Waals surface area (Å²) < 4.78 is 0. The van der Waals surface area contributed by atoms with Gasteiger partial charge in [0.15, 0.2) is 0 Å². The highest BCUT2D eigenvalue weighted by molar-refractivity contribution is 5.19. The molecule has 0 amide bonds. The van der Waals surface area contributed by atoms with E-state index in [9.17, 15) is 5.11 Å². The summed E-state index contributed by atoms with van der Waals surface area (Å²) in [6, 6.07) is 11.3. The van der Waals surface area contributed by atoms with Crippen LogP contribution in [0, 0.1) is 0 Å². The van der Waals surface area contributed by atoms with E-state index in [2.05, 4.69) is 36.1 Å². The molecule has 1 aromatic carbocycles. The Morgan fingerprint density at radius 3 is 2.72 bits per heavy atom. The summed E-state index contributed by atoms with van der Waals surface area (Å²) in [5, 5.41) is 9.78. The quantitative estimate of drug-likeness (QED) is 0.862. The molecule has 1 N–H and O–H groups in total. The number of hydrogen-bond donors (Lipinski definition) is 1. The summed E-state index contributed by atoms with van der Waals surface area (Å²) in [6.45, 7) is 3.61. The molecular formula is C16H25NO. The van der Waals surface area contributed by atoms with Crippen molar-refractivity contribution >= 4 is 0 Å². The second-order valence-corrected chi connectivity index (χ2v) is 5.29. The van der Waals surface area contributed by atoms with Crippen LogP contribution in [-0.4, -0.2) is 29.2 Å². The molecule has 1 aliphatic rings. The van der Waals surface area contributed by atoms with E-state index in [0.717, 1.165) is 6.54 Å². The lowest BCUT2D eigenvalue weighted by Crippen LogP contribution is -2.43. The minimum absolute atomic E-state index is 0.183. The number of piperidine rings is 1. The predicted octanol–water partition coefficient (Wildman–Crippen LogP) is 3.37. The molecule has 0 bridgehead atoms. The Bertz CT molecular complexity index is 336. The summed E-state index contributed by atoms with van der Waals surface area (Å²) in [7, 11) is 0. The molecule has 2 heteroatoms. The van der Waals surface area contributed by atoms with Crippen LogP contribution in [0.25, 0.3) is 0 Å². The van der Waals surface area contributed by atoms with E-state index in [1.165, 1.54) is 37.7 Å². The maximum atomic E-state index is 9.78. The smallest absolute Gasteiger partial charge is 0.0628 e. The first kappa shape index (κ1) is 13.6. The van der Waals surface area contributed by atoms with Crippen molar-refractivity contribution < 1.29 is 5.11 Å². The first-order chi connectivity index (χ1) is 8.86. The fraction of sp³-hybridized carbons (Fsp3) is 0.625. The maximum absolute atomic E-state index is 9.78. The molecule has 1 fully saturated rings. The highest BCUT2D eigenvalue weighted by atomic mass is 16.3. The number of aliphatic hydroxyl groups excluding tert-OH is 1. The number of benzene rings is 1. The van der Waals surface area contributed by atoms with Crippen molar-refractivity contribution in [2.24, 2.45) is 0 Å². The fourth-order valence-electron chi connectivity index (χ4n) is 3.15. The van der Waals surface area contributed by atoms with Gasteiger partial charge in [0.1, 0.15) is 0 Å². The van der Waals surface area contributed by atoms with Crippen molar-refractivity contribution in [2.75, 3.05) is 13.2 Å². The van der Waals surface area contributed by atoms with Crippen LogP contribution in [-0.2, 0) is 0 Å². The largest absolute Gasteiger partial charge is 0.394 e. The standard InChI is InChI=1S/C16H25NO/c1-2-8-15-11-6-7-12-17(15)16(13-18)14-9-4-3-5-10-14/h3-5,9-10,15-16,18H,2,6-8,11-13H2,1H3. The number of likely N-dealkylation sites (tertiary alicyclic amines) is 1. The predicted molar refractivity (Wildman–Crippen MR) is 75.5 cm³/mol. The molecule has 0 saturated carbocycles. The second-order valence-electron chi connectivity index (χ2n) is 5.29. The van der Waals surface area contributed by atoms with Gasteiger partial charge in [-0.3, -0.25) is 4.90 Å². The van der Waals surface area contributed by atoms with Crippen molar-refractivity contribution in [1.82, 2.24) is 4.90 Å². The van der Waals surface area contributed by atoms with Crippen LogP contribution in [0.2, 0.25) is 0 Å². The van der Waals surface area contributed by atoms with Gasteiger partial charge in [0.25, 0.3) is 0 Å². The molecule has 2 nitrogen and oxygen atoms in total. The van der Waals surface area contributed by atoms with E-state index in [4.69, 9.17) is 0 Å². The van der Waals surface area contributed by atoms with Crippen molar-refractivity contribution in [3.8, 4) is 0 Å². The van der Waals surface area contributed by atoms with Gasteiger partial charge in [0.2, 0.25) is 0 Å². The molecule has 0 aromatic heterocycles. The second kappa shape index (κ2) is 6.91. The van der Waals surface area contributed by atoms with Gasteiger partial charge in [-0.05, 0) is 31.4 Å². The van der Waals surface area contributed by atoms with Gasteiger partial charge in [-0.25, -0.2) is 0 Å². The van der Waals surface area contributed by atoms with Crippen molar-refractivity contribution in [3.63, 3.8) is 0 Å². The summed E-state index contributed by atoms with van der Waals surface area (Å²) in [5.41, 5.74) is 1.25. The molecular weight excluding hydrogens is 222 g/mol. The average Bonchev–Trinajstić information content (AvgIpc) is 2.43. The number of hydrogen-bond acceptors (Lipinski definition) is 2. The first-order valence-corrected chi connectivity index (χ1v) is 7.28. The molecule has 1 aliphatic heterocycles. The van der Waals surface area contributed by atoms with E-state index in [0.29, 0.717) is 6.04 Å². The summed E-state index contributed by atoms with van der Waals surface area (Å²) in [6.07, 6.45) is 6.38. The normalized spacial score (nSPS) is 22.9. The monoisotopic (exact) mass is 247 g/mol. The van der Waals surface area contributed by atoms with Gasteiger partial charge in [-0.15, -0.1) is 0 Å². The fourth-order valence-corrected chi connectivity index (χ4v) is 3.15. The Kier molecular flexibility index (Phi) is 5.21. The lowest BCUT2D eigenvalue weighted by Gasteiger charge is -2.41.